The van der Waals surface area contributed by atoms with Crippen LogP contribution in [0.1, 0.15) is 69.4 Å². The maximum atomic E-state index is 2.33. The Morgan fingerprint density at radius 2 is 1.09 bits per heavy atom. The maximum Gasteiger partial charge on any atom is -0.00930 e. The first-order valence-electron chi connectivity index (χ1n) is 8.82. The molecule has 22 heavy (non-hydrogen) atoms. The van der Waals surface area contributed by atoms with Gasteiger partial charge in [-0.25, -0.2) is 0 Å². The Hall–Kier alpha value is -1.56. The highest BCUT2D eigenvalue weighted by molar-refractivity contribution is 5.28. The normalized spacial score (nSPS) is 14.0. The van der Waals surface area contributed by atoms with E-state index in [0.717, 1.165) is 5.92 Å². The summed E-state index contributed by atoms with van der Waals surface area (Å²) in [4.78, 5) is 0. The van der Waals surface area contributed by atoms with Crippen molar-refractivity contribution in [1.29, 1.82) is 0 Å². The molecule has 0 aliphatic heterocycles. The highest BCUT2D eigenvalue weighted by Gasteiger charge is 2.24. The fraction of sp³-hybridized carbons (Fsp3) is 0.455. The van der Waals surface area contributed by atoms with E-state index in [1.807, 2.05) is 0 Å². The summed E-state index contributed by atoms with van der Waals surface area (Å²) in [6.07, 6.45) is 5.08. The number of hydrogen-bond donors (Lipinski definition) is 0. The second-order valence-corrected chi connectivity index (χ2v) is 6.79. The Balaban J connectivity index is 2.31. The molecule has 118 valence electrons. The molecule has 0 heteroatoms. The van der Waals surface area contributed by atoms with Gasteiger partial charge in [-0.1, -0.05) is 94.3 Å². The molecule has 0 saturated heterocycles. The molecule has 0 radical (unpaired) electrons. The molecule has 2 unspecified atom stereocenters. The molecule has 2 aromatic carbocycles. The number of hydrogen-bond acceptors (Lipinski definition) is 0. The van der Waals surface area contributed by atoms with Crippen molar-refractivity contribution in [2.24, 2.45) is 5.92 Å². The summed E-state index contributed by atoms with van der Waals surface area (Å²) >= 11 is 0. The first-order chi connectivity index (χ1) is 10.7. The van der Waals surface area contributed by atoms with Crippen LogP contribution < -0.4 is 0 Å². The molecule has 0 N–H and O–H groups in total. The molecule has 0 aliphatic rings. The van der Waals surface area contributed by atoms with Crippen LogP contribution >= 0.6 is 0 Å². The van der Waals surface area contributed by atoms with Gasteiger partial charge >= 0.3 is 0 Å². The molecule has 0 bridgehead atoms. The summed E-state index contributed by atoms with van der Waals surface area (Å²) in [7, 11) is 0. The molecule has 0 aliphatic carbocycles. The van der Waals surface area contributed by atoms with Crippen LogP contribution in [0.15, 0.2) is 60.7 Å². The van der Waals surface area contributed by atoms with Gasteiger partial charge in [0, 0.05) is 0 Å². The van der Waals surface area contributed by atoms with Gasteiger partial charge in [-0.3, -0.25) is 0 Å². The predicted molar refractivity (Wildman–Crippen MR) is 97.3 cm³/mol. The molecule has 0 heterocycles. The molecule has 0 saturated carbocycles. The lowest BCUT2D eigenvalue weighted by atomic mass is 9.76. The van der Waals surface area contributed by atoms with Crippen molar-refractivity contribution >= 4 is 0 Å². The summed E-state index contributed by atoms with van der Waals surface area (Å²) in [6, 6.07) is 22.2. The van der Waals surface area contributed by atoms with Crippen molar-refractivity contribution in [2.75, 3.05) is 0 Å². The smallest absolute Gasteiger partial charge is 0.00930 e. The number of rotatable bonds is 8. The lowest BCUT2D eigenvalue weighted by Gasteiger charge is -2.29. The van der Waals surface area contributed by atoms with Crippen LogP contribution in [0.4, 0.5) is 0 Å². The zero-order chi connectivity index (χ0) is 15.8. The Labute approximate surface area is 136 Å². The van der Waals surface area contributed by atoms with Crippen LogP contribution in [0.3, 0.4) is 0 Å². The molecular formula is C22H30. The van der Waals surface area contributed by atoms with E-state index < -0.39 is 0 Å². The van der Waals surface area contributed by atoms with Crippen LogP contribution in [0.25, 0.3) is 0 Å². The van der Waals surface area contributed by atoms with Crippen LogP contribution in [0.5, 0.6) is 0 Å². The van der Waals surface area contributed by atoms with E-state index in [9.17, 15) is 0 Å². The topological polar surface area (TPSA) is 0 Å². The van der Waals surface area contributed by atoms with Gasteiger partial charge in [0.15, 0.2) is 0 Å². The molecule has 2 aromatic rings. The van der Waals surface area contributed by atoms with Crippen LogP contribution in [-0.4, -0.2) is 0 Å². The second-order valence-electron chi connectivity index (χ2n) is 6.79. The molecule has 0 aromatic heterocycles. The van der Waals surface area contributed by atoms with E-state index in [4.69, 9.17) is 0 Å². The average Bonchev–Trinajstić information content (AvgIpc) is 2.55. The maximum absolute atomic E-state index is 2.33. The van der Waals surface area contributed by atoms with E-state index in [0.29, 0.717) is 11.8 Å². The highest BCUT2D eigenvalue weighted by atomic mass is 14.3. The van der Waals surface area contributed by atoms with Gasteiger partial charge < -0.3 is 0 Å². The molecular weight excluding hydrogens is 264 g/mol. The van der Waals surface area contributed by atoms with Crippen LogP contribution in [0.2, 0.25) is 0 Å². The molecule has 0 nitrogen and oxygen atoms in total. The molecule has 0 fully saturated rings. The van der Waals surface area contributed by atoms with Gasteiger partial charge in [0.05, 0.1) is 0 Å². The third kappa shape index (κ3) is 4.73. The summed E-state index contributed by atoms with van der Waals surface area (Å²) in [6.45, 7) is 6.97. The second kappa shape index (κ2) is 8.78. The molecule has 2 atom stereocenters. The van der Waals surface area contributed by atoms with Crippen LogP contribution in [-0.2, 0) is 0 Å². The minimum atomic E-state index is 0.631. The van der Waals surface area contributed by atoms with Gasteiger partial charge in [0.1, 0.15) is 0 Å². The monoisotopic (exact) mass is 294 g/mol. The van der Waals surface area contributed by atoms with Crippen molar-refractivity contribution in [1.82, 2.24) is 0 Å². The SMILES string of the molecule is CCCC(c1ccccc1)C(CCC(C)C)c1ccccc1. The van der Waals surface area contributed by atoms with E-state index >= 15 is 0 Å². The highest BCUT2D eigenvalue weighted by Crippen LogP contribution is 2.40. The van der Waals surface area contributed by atoms with Crippen molar-refractivity contribution < 1.29 is 0 Å². The fourth-order valence-corrected chi connectivity index (χ4v) is 3.42. The third-order valence-electron chi connectivity index (χ3n) is 4.60. The molecule has 2 rings (SSSR count). The Morgan fingerprint density at radius 1 is 0.636 bits per heavy atom. The lowest BCUT2D eigenvalue weighted by molar-refractivity contribution is 0.427. The standard InChI is InChI=1S/C22H30/c1-4-11-21(19-12-7-5-8-13-19)22(17-16-18(2)3)20-14-9-6-10-15-20/h5-10,12-15,18,21-22H,4,11,16-17H2,1-3H3. The summed E-state index contributed by atoms with van der Waals surface area (Å²) in [5.41, 5.74) is 3.01. The fourth-order valence-electron chi connectivity index (χ4n) is 3.42. The zero-order valence-electron chi connectivity index (χ0n) is 14.3. The van der Waals surface area contributed by atoms with Gasteiger partial charge in [-0.15, -0.1) is 0 Å². The third-order valence-corrected chi connectivity index (χ3v) is 4.60. The van der Waals surface area contributed by atoms with Crippen molar-refractivity contribution in [3.05, 3.63) is 71.8 Å². The Morgan fingerprint density at radius 3 is 1.50 bits per heavy atom. The van der Waals surface area contributed by atoms with Crippen LogP contribution in [0, 0.1) is 5.92 Å². The largest absolute Gasteiger partial charge is 0.0654 e. The van der Waals surface area contributed by atoms with Crippen molar-refractivity contribution in [2.45, 2.75) is 58.3 Å². The average molecular weight is 294 g/mol. The van der Waals surface area contributed by atoms with E-state index in [-0.39, 0.29) is 0 Å². The summed E-state index contributed by atoms with van der Waals surface area (Å²) < 4.78 is 0. The molecule has 0 amide bonds. The zero-order valence-corrected chi connectivity index (χ0v) is 14.3. The lowest BCUT2D eigenvalue weighted by Crippen LogP contribution is -2.13. The minimum absolute atomic E-state index is 0.631. The van der Waals surface area contributed by atoms with Gasteiger partial charge in [0.2, 0.25) is 0 Å². The van der Waals surface area contributed by atoms with Crippen molar-refractivity contribution in [3.63, 3.8) is 0 Å². The first kappa shape index (κ1) is 16.8. The van der Waals surface area contributed by atoms with Crippen molar-refractivity contribution in [3.8, 4) is 0 Å². The number of benzene rings is 2. The quantitative estimate of drug-likeness (QED) is 0.502. The van der Waals surface area contributed by atoms with Gasteiger partial charge in [-0.05, 0) is 41.7 Å². The Bertz CT molecular complexity index is 512. The Kier molecular flexibility index (Phi) is 6.71. The first-order valence-corrected chi connectivity index (χ1v) is 8.82. The molecule has 0 spiro atoms. The summed E-state index contributed by atoms with van der Waals surface area (Å²) in [5, 5.41) is 0. The van der Waals surface area contributed by atoms with E-state index in [1.54, 1.807) is 0 Å². The van der Waals surface area contributed by atoms with Gasteiger partial charge in [0.25, 0.3) is 0 Å². The minimum Gasteiger partial charge on any atom is -0.0654 e. The predicted octanol–water partition coefficient (Wildman–Crippen LogP) is 6.79. The van der Waals surface area contributed by atoms with E-state index in [1.165, 1.54) is 36.8 Å². The van der Waals surface area contributed by atoms with E-state index in [2.05, 4.69) is 81.4 Å². The summed E-state index contributed by atoms with van der Waals surface area (Å²) in [5.74, 6) is 2.03. The van der Waals surface area contributed by atoms with Gasteiger partial charge in [-0.2, -0.15) is 0 Å².